The summed E-state index contributed by atoms with van der Waals surface area (Å²) in [5, 5.41) is 21.4. The van der Waals surface area contributed by atoms with Crippen molar-refractivity contribution in [2.45, 2.75) is 69.7 Å². The van der Waals surface area contributed by atoms with E-state index < -0.39 is 11.5 Å². The number of carbonyl (C=O) groups is 1. The molecule has 0 aromatic carbocycles. The van der Waals surface area contributed by atoms with Gasteiger partial charge in [-0.05, 0) is 35.6 Å². The van der Waals surface area contributed by atoms with Gasteiger partial charge in [-0.3, -0.25) is 0 Å². The molecular weight excluding hydrogens is 256 g/mol. The Morgan fingerprint density at radius 2 is 1.90 bits per heavy atom. The summed E-state index contributed by atoms with van der Waals surface area (Å²) in [7, 11) is 0. The summed E-state index contributed by atoms with van der Waals surface area (Å²) < 4.78 is 1.60. The van der Waals surface area contributed by atoms with Gasteiger partial charge in [-0.1, -0.05) is 38.5 Å². The highest BCUT2D eigenvalue weighted by atomic mass is 16.4. The minimum Gasteiger partial charge on any atom is -0.479 e. The number of hydrogen-bond acceptors (Lipinski definition) is 4. The van der Waals surface area contributed by atoms with Crippen LogP contribution >= 0.6 is 0 Å². The van der Waals surface area contributed by atoms with Crippen molar-refractivity contribution in [3.05, 3.63) is 5.82 Å². The third kappa shape index (κ3) is 2.31. The molecule has 0 spiro atoms. The van der Waals surface area contributed by atoms with E-state index in [0.717, 1.165) is 18.7 Å². The monoisotopic (exact) mass is 278 g/mol. The Morgan fingerprint density at radius 1 is 1.20 bits per heavy atom. The highest BCUT2D eigenvalue weighted by molar-refractivity contribution is 5.77. The molecule has 6 heteroatoms. The molecule has 0 unspecified atom stereocenters. The van der Waals surface area contributed by atoms with Crippen molar-refractivity contribution < 1.29 is 9.90 Å². The van der Waals surface area contributed by atoms with Gasteiger partial charge in [0.1, 0.15) is 0 Å². The van der Waals surface area contributed by atoms with Crippen molar-refractivity contribution in [1.82, 2.24) is 20.2 Å². The zero-order valence-corrected chi connectivity index (χ0v) is 11.8. The van der Waals surface area contributed by atoms with Gasteiger partial charge in [0.25, 0.3) is 0 Å². The normalized spacial score (nSPS) is 23.0. The average Bonchev–Trinajstić information content (AvgIpc) is 2.65. The Kier molecular flexibility index (Phi) is 3.72. The first kappa shape index (κ1) is 13.5. The molecule has 3 rings (SSSR count). The molecule has 0 saturated heterocycles. The van der Waals surface area contributed by atoms with Crippen LogP contribution in [0, 0.1) is 5.92 Å². The molecule has 0 bridgehead atoms. The molecule has 20 heavy (non-hydrogen) atoms. The van der Waals surface area contributed by atoms with Gasteiger partial charge in [-0.2, -0.15) is 0 Å². The van der Waals surface area contributed by atoms with E-state index >= 15 is 0 Å². The smallest absolute Gasteiger partial charge is 0.331 e. The van der Waals surface area contributed by atoms with Gasteiger partial charge in [-0.25, -0.2) is 9.48 Å². The molecule has 2 fully saturated rings. The molecule has 2 saturated carbocycles. The van der Waals surface area contributed by atoms with Crippen LogP contribution in [0.25, 0.3) is 0 Å². The first-order valence-corrected chi connectivity index (χ1v) is 7.73. The van der Waals surface area contributed by atoms with Crippen LogP contribution in [-0.2, 0) is 16.8 Å². The fourth-order valence-electron chi connectivity index (χ4n) is 3.52. The molecule has 110 valence electrons. The highest BCUT2D eigenvalue weighted by Crippen LogP contribution is 2.40. The lowest BCUT2D eigenvalue weighted by Gasteiger charge is -2.37. The molecular formula is C14H22N4O2. The van der Waals surface area contributed by atoms with E-state index in [-0.39, 0.29) is 0 Å². The van der Waals surface area contributed by atoms with Gasteiger partial charge in [0.2, 0.25) is 0 Å². The second-order valence-corrected chi connectivity index (χ2v) is 6.26. The predicted molar refractivity (Wildman–Crippen MR) is 72.2 cm³/mol. The van der Waals surface area contributed by atoms with Gasteiger partial charge in [0.15, 0.2) is 11.4 Å². The van der Waals surface area contributed by atoms with Crippen LogP contribution in [0.2, 0.25) is 0 Å². The minimum absolute atomic E-state index is 0.605. The average molecular weight is 278 g/mol. The lowest BCUT2D eigenvalue weighted by Crippen LogP contribution is -2.49. The molecule has 1 heterocycles. The Balaban J connectivity index is 1.78. The van der Waals surface area contributed by atoms with Crippen molar-refractivity contribution in [3.63, 3.8) is 0 Å². The first-order valence-electron chi connectivity index (χ1n) is 7.73. The number of carboxylic acid groups (broad SMARTS) is 1. The van der Waals surface area contributed by atoms with Crippen LogP contribution in [0.3, 0.4) is 0 Å². The molecule has 1 N–H and O–H groups in total. The molecule has 0 radical (unpaired) electrons. The SMILES string of the molecule is O=C(O)C1(n2nnnc2CC2CCCCCC2)CCC1. The van der Waals surface area contributed by atoms with E-state index in [4.69, 9.17) is 0 Å². The second-order valence-electron chi connectivity index (χ2n) is 6.26. The van der Waals surface area contributed by atoms with Crippen molar-refractivity contribution in [2.24, 2.45) is 5.92 Å². The summed E-state index contributed by atoms with van der Waals surface area (Å²) in [6.45, 7) is 0. The van der Waals surface area contributed by atoms with Crippen LogP contribution in [0.4, 0.5) is 0 Å². The lowest BCUT2D eigenvalue weighted by atomic mass is 9.76. The van der Waals surface area contributed by atoms with Crippen LogP contribution in [0.15, 0.2) is 0 Å². The summed E-state index contributed by atoms with van der Waals surface area (Å²) in [5.41, 5.74) is -0.871. The quantitative estimate of drug-likeness (QED) is 0.853. The van der Waals surface area contributed by atoms with E-state index in [2.05, 4.69) is 15.5 Å². The number of carboxylic acids is 1. The predicted octanol–water partition coefficient (Wildman–Crippen LogP) is 2.15. The molecule has 2 aliphatic carbocycles. The van der Waals surface area contributed by atoms with Crippen molar-refractivity contribution in [3.8, 4) is 0 Å². The van der Waals surface area contributed by atoms with Crippen LogP contribution in [0.1, 0.15) is 63.6 Å². The molecule has 0 aliphatic heterocycles. The summed E-state index contributed by atoms with van der Waals surface area (Å²) in [6.07, 6.45) is 10.7. The maximum atomic E-state index is 11.6. The maximum Gasteiger partial charge on any atom is 0.331 e. The number of nitrogens with zero attached hydrogens (tertiary/aromatic N) is 4. The Morgan fingerprint density at radius 3 is 2.45 bits per heavy atom. The molecule has 0 amide bonds. The van der Waals surface area contributed by atoms with Gasteiger partial charge in [-0.15, -0.1) is 5.10 Å². The van der Waals surface area contributed by atoms with Gasteiger partial charge < -0.3 is 5.11 Å². The van der Waals surface area contributed by atoms with Crippen molar-refractivity contribution in [2.75, 3.05) is 0 Å². The second kappa shape index (κ2) is 5.50. The van der Waals surface area contributed by atoms with E-state index in [1.165, 1.54) is 38.5 Å². The lowest BCUT2D eigenvalue weighted by molar-refractivity contribution is -0.153. The molecule has 2 aliphatic rings. The number of rotatable bonds is 4. The Hall–Kier alpha value is -1.46. The molecule has 1 aromatic heterocycles. The van der Waals surface area contributed by atoms with E-state index in [9.17, 15) is 9.90 Å². The zero-order chi connectivity index (χ0) is 14.0. The standard InChI is InChI=1S/C14H22N4O2/c19-13(20)14(8-5-9-14)18-12(15-16-17-18)10-11-6-3-1-2-4-7-11/h11H,1-10H2,(H,19,20). The Labute approximate surface area is 118 Å². The number of aromatic nitrogens is 4. The minimum atomic E-state index is -0.871. The molecule has 6 nitrogen and oxygen atoms in total. The van der Waals surface area contributed by atoms with Crippen molar-refractivity contribution in [1.29, 1.82) is 0 Å². The fraction of sp³-hybridized carbons (Fsp3) is 0.857. The largest absolute Gasteiger partial charge is 0.479 e. The summed E-state index contributed by atoms with van der Waals surface area (Å²) >= 11 is 0. The summed E-state index contributed by atoms with van der Waals surface area (Å²) in [6, 6.07) is 0. The number of tetrazole rings is 1. The topological polar surface area (TPSA) is 80.9 Å². The number of aliphatic carboxylic acids is 1. The first-order chi connectivity index (χ1) is 9.72. The number of hydrogen-bond donors (Lipinski definition) is 1. The fourth-order valence-corrected chi connectivity index (χ4v) is 3.52. The van der Waals surface area contributed by atoms with Gasteiger partial charge >= 0.3 is 5.97 Å². The van der Waals surface area contributed by atoms with Crippen LogP contribution in [-0.4, -0.2) is 31.3 Å². The Bertz CT molecular complexity index is 473. The zero-order valence-electron chi connectivity index (χ0n) is 11.8. The van der Waals surface area contributed by atoms with Crippen LogP contribution < -0.4 is 0 Å². The third-order valence-electron chi connectivity index (χ3n) is 4.96. The van der Waals surface area contributed by atoms with Gasteiger partial charge in [0, 0.05) is 6.42 Å². The van der Waals surface area contributed by atoms with Crippen molar-refractivity contribution >= 4 is 5.97 Å². The molecule has 1 aromatic rings. The maximum absolute atomic E-state index is 11.6. The van der Waals surface area contributed by atoms with Gasteiger partial charge in [0.05, 0.1) is 0 Å². The summed E-state index contributed by atoms with van der Waals surface area (Å²) in [5.74, 6) is 0.574. The highest BCUT2D eigenvalue weighted by Gasteiger charge is 2.49. The van der Waals surface area contributed by atoms with E-state index in [1.807, 2.05) is 0 Å². The van der Waals surface area contributed by atoms with E-state index in [0.29, 0.717) is 18.8 Å². The molecule has 0 atom stereocenters. The van der Waals surface area contributed by atoms with Crippen LogP contribution in [0.5, 0.6) is 0 Å². The summed E-state index contributed by atoms with van der Waals surface area (Å²) in [4.78, 5) is 11.6. The van der Waals surface area contributed by atoms with E-state index in [1.54, 1.807) is 4.68 Å². The third-order valence-corrected chi connectivity index (χ3v) is 4.96.